The number of hydrogen-bond donors (Lipinski definition) is 1. The third-order valence-electron chi connectivity index (χ3n) is 4.32. The van der Waals surface area contributed by atoms with E-state index in [-0.39, 0.29) is 11.9 Å². The maximum absolute atomic E-state index is 12.6. The molecule has 2 aromatic carbocycles. The Labute approximate surface area is 155 Å². The van der Waals surface area contributed by atoms with E-state index in [4.69, 9.17) is 16.3 Å². The molecule has 0 aromatic heterocycles. The van der Waals surface area contributed by atoms with Gasteiger partial charge in [0, 0.05) is 5.02 Å². The van der Waals surface area contributed by atoms with Crippen molar-refractivity contribution in [1.82, 2.24) is 5.32 Å². The van der Waals surface area contributed by atoms with Gasteiger partial charge in [-0.3, -0.25) is 4.79 Å². The molecule has 1 amide bonds. The first-order chi connectivity index (χ1) is 11.9. The molecule has 4 heteroatoms. The molecule has 2 atom stereocenters. The Hall–Kier alpha value is -2.00. The molecular weight excluding hydrogens is 334 g/mol. The summed E-state index contributed by atoms with van der Waals surface area (Å²) in [6, 6.07) is 13.7. The Balaban J connectivity index is 2.01. The molecule has 2 unspecified atom stereocenters. The number of benzene rings is 2. The highest BCUT2D eigenvalue weighted by Crippen LogP contribution is 2.23. The molecule has 0 radical (unpaired) electrons. The summed E-state index contributed by atoms with van der Waals surface area (Å²) in [7, 11) is 0. The highest BCUT2D eigenvalue weighted by molar-refractivity contribution is 6.31. The van der Waals surface area contributed by atoms with Gasteiger partial charge in [-0.05, 0) is 61.6 Å². The van der Waals surface area contributed by atoms with Crippen LogP contribution in [-0.4, -0.2) is 12.0 Å². The van der Waals surface area contributed by atoms with Crippen LogP contribution < -0.4 is 10.1 Å². The molecule has 134 valence electrons. The van der Waals surface area contributed by atoms with Gasteiger partial charge >= 0.3 is 0 Å². The molecule has 0 fully saturated rings. The quantitative estimate of drug-likeness (QED) is 0.733. The average Bonchev–Trinajstić information content (AvgIpc) is 2.62. The van der Waals surface area contributed by atoms with Crippen molar-refractivity contribution in [2.75, 3.05) is 0 Å². The second kappa shape index (κ2) is 8.91. The second-order valence-electron chi connectivity index (χ2n) is 6.25. The molecule has 0 aliphatic heterocycles. The fourth-order valence-corrected chi connectivity index (χ4v) is 2.73. The lowest BCUT2D eigenvalue weighted by Crippen LogP contribution is -2.39. The van der Waals surface area contributed by atoms with Crippen molar-refractivity contribution in [1.29, 1.82) is 0 Å². The SMILES string of the molecule is CCc1ccc(C(C)NC(=O)C(CC)Oc2ccc(Cl)c(C)c2)cc1. The summed E-state index contributed by atoms with van der Waals surface area (Å²) < 4.78 is 5.86. The van der Waals surface area contributed by atoms with Crippen LogP contribution in [0.5, 0.6) is 5.75 Å². The third-order valence-corrected chi connectivity index (χ3v) is 4.74. The van der Waals surface area contributed by atoms with E-state index in [0.29, 0.717) is 17.2 Å². The summed E-state index contributed by atoms with van der Waals surface area (Å²) in [6.07, 6.45) is 1.07. The normalized spacial score (nSPS) is 13.2. The van der Waals surface area contributed by atoms with E-state index in [2.05, 4.69) is 36.5 Å². The van der Waals surface area contributed by atoms with Crippen molar-refractivity contribution in [3.63, 3.8) is 0 Å². The van der Waals surface area contributed by atoms with E-state index < -0.39 is 6.10 Å². The van der Waals surface area contributed by atoms with Crippen LogP contribution in [0.15, 0.2) is 42.5 Å². The Bertz CT molecular complexity index is 712. The summed E-state index contributed by atoms with van der Waals surface area (Å²) in [6.45, 7) is 7.96. The predicted molar refractivity (Wildman–Crippen MR) is 103 cm³/mol. The van der Waals surface area contributed by atoms with Crippen LogP contribution in [0.3, 0.4) is 0 Å². The van der Waals surface area contributed by atoms with E-state index in [9.17, 15) is 4.79 Å². The van der Waals surface area contributed by atoms with Gasteiger partial charge in [0.15, 0.2) is 6.10 Å². The number of ether oxygens (including phenoxy) is 1. The van der Waals surface area contributed by atoms with E-state index in [1.807, 2.05) is 26.8 Å². The molecule has 0 aliphatic carbocycles. The Morgan fingerprint density at radius 3 is 2.40 bits per heavy atom. The van der Waals surface area contributed by atoms with Crippen LogP contribution in [0.1, 0.15) is 49.9 Å². The molecule has 0 bridgehead atoms. The number of nitrogens with one attached hydrogen (secondary N) is 1. The minimum Gasteiger partial charge on any atom is -0.481 e. The van der Waals surface area contributed by atoms with Crippen LogP contribution in [0.25, 0.3) is 0 Å². The van der Waals surface area contributed by atoms with Gasteiger partial charge < -0.3 is 10.1 Å². The molecule has 2 rings (SSSR count). The third kappa shape index (κ3) is 5.23. The highest BCUT2D eigenvalue weighted by atomic mass is 35.5. The van der Waals surface area contributed by atoms with Crippen LogP contribution in [-0.2, 0) is 11.2 Å². The average molecular weight is 360 g/mol. The number of aryl methyl sites for hydroxylation is 2. The lowest BCUT2D eigenvalue weighted by molar-refractivity contribution is -0.128. The predicted octanol–water partition coefficient (Wildman–Crippen LogP) is 5.25. The maximum Gasteiger partial charge on any atom is 0.261 e. The first-order valence-corrected chi connectivity index (χ1v) is 9.14. The van der Waals surface area contributed by atoms with E-state index >= 15 is 0 Å². The second-order valence-corrected chi connectivity index (χ2v) is 6.66. The zero-order chi connectivity index (χ0) is 18.4. The first kappa shape index (κ1) is 19.3. The van der Waals surface area contributed by atoms with Crippen molar-refractivity contribution < 1.29 is 9.53 Å². The van der Waals surface area contributed by atoms with Crippen molar-refractivity contribution >= 4 is 17.5 Å². The van der Waals surface area contributed by atoms with E-state index in [1.54, 1.807) is 12.1 Å². The first-order valence-electron chi connectivity index (χ1n) is 8.76. The number of halogens is 1. The molecule has 0 saturated carbocycles. The minimum absolute atomic E-state index is 0.0667. The minimum atomic E-state index is -0.530. The summed E-state index contributed by atoms with van der Waals surface area (Å²) in [5.74, 6) is 0.547. The Kier molecular flexibility index (Phi) is 6.89. The number of carbonyl (C=O) groups is 1. The van der Waals surface area contributed by atoms with Crippen LogP contribution in [0.2, 0.25) is 5.02 Å². The van der Waals surface area contributed by atoms with Crippen LogP contribution >= 0.6 is 11.6 Å². The van der Waals surface area contributed by atoms with Gasteiger partial charge in [-0.1, -0.05) is 49.7 Å². The molecule has 25 heavy (non-hydrogen) atoms. The fraction of sp³-hybridized carbons (Fsp3) is 0.381. The summed E-state index contributed by atoms with van der Waals surface area (Å²) in [5.41, 5.74) is 3.30. The van der Waals surface area contributed by atoms with Gasteiger partial charge in [-0.25, -0.2) is 0 Å². The number of amides is 1. The van der Waals surface area contributed by atoms with E-state index in [1.165, 1.54) is 5.56 Å². The smallest absolute Gasteiger partial charge is 0.261 e. The molecule has 3 nitrogen and oxygen atoms in total. The zero-order valence-corrected chi connectivity index (χ0v) is 16.1. The van der Waals surface area contributed by atoms with Crippen molar-refractivity contribution in [3.05, 3.63) is 64.2 Å². The van der Waals surface area contributed by atoms with Gasteiger partial charge in [-0.15, -0.1) is 0 Å². The Morgan fingerprint density at radius 1 is 1.16 bits per heavy atom. The topological polar surface area (TPSA) is 38.3 Å². The van der Waals surface area contributed by atoms with Crippen molar-refractivity contribution in [2.24, 2.45) is 0 Å². The largest absolute Gasteiger partial charge is 0.481 e. The van der Waals surface area contributed by atoms with Gasteiger partial charge in [-0.2, -0.15) is 0 Å². The molecule has 2 aromatic rings. The molecule has 0 spiro atoms. The maximum atomic E-state index is 12.6. The molecule has 0 heterocycles. The van der Waals surface area contributed by atoms with Crippen molar-refractivity contribution in [2.45, 2.75) is 52.7 Å². The highest BCUT2D eigenvalue weighted by Gasteiger charge is 2.21. The summed E-state index contributed by atoms with van der Waals surface area (Å²) >= 11 is 6.04. The standard InChI is InChI=1S/C21H26ClNO2/c1-5-16-7-9-17(10-8-16)15(4)23-21(24)20(6-2)25-18-11-12-19(22)14(3)13-18/h7-13,15,20H,5-6H2,1-4H3,(H,23,24). The van der Waals surface area contributed by atoms with Gasteiger partial charge in [0.1, 0.15) is 5.75 Å². The Morgan fingerprint density at radius 2 is 1.84 bits per heavy atom. The van der Waals surface area contributed by atoms with Crippen LogP contribution in [0, 0.1) is 6.92 Å². The van der Waals surface area contributed by atoms with Gasteiger partial charge in [0.05, 0.1) is 6.04 Å². The van der Waals surface area contributed by atoms with Gasteiger partial charge in [0.25, 0.3) is 5.91 Å². The zero-order valence-electron chi connectivity index (χ0n) is 15.3. The molecular formula is C21H26ClNO2. The number of rotatable bonds is 7. The van der Waals surface area contributed by atoms with E-state index in [0.717, 1.165) is 17.5 Å². The summed E-state index contributed by atoms with van der Waals surface area (Å²) in [5, 5.41) is 3.73. The summed E-state index contributed by atoms with van der Waals surface area (Å²) in [4.78, 5) is 12.6. The molecule has 0 saturated heterocycles. The van der Waals surface area contributed by atoms with Crippen LogP contribution in [0.4, 0.5) is 0 Å². The monoisotopic (exact) mass is 359 g/mol. The lowest BCUT2D eigenvalue weighted by Gasteiger charge is -2.21. The molecule has 1 N–H and O–H groups in total. The fourth-order valence-electron chi connectivity index (χ4n) is 2.61. The lowest BCUT2D eigenvalue weighted by atomic mass is 10.0. The number of carbonyl (C=O) groups excluding carboxylic acids is 1. The van der Waals surface area contributed by atoms with Gasteiger partial charge in [0.2, 0.25) is 0 Å². The molecule has 0 aliphatic rings. The van der Waals surface area contributed by atoms with Crippen molar-refractivity contribution in [3.8, 4) is 5.75 Å². The number of hydrogen-bond acceptors (Lipinski definition) is 2.